The van der Waals surface area contributed by atoms with E-state index in [2.05, 4.69) is 9.97 Å². The van der Waals surface area contributed by atoms with Crippen LogP contribution >= 0.6 is 0 Å². The highest BCUT2D eigenvalue weighted by Crippen LogP contribution is 2.52. The number of rotatable bonds is 6. The quantitative estimate of drug-likeness (QED) is 0.156. The van der Waals surface area contributed by atoms with Gasteiger partial charge in [0.05, 0.1) is 55.4 Å². The molecule has 4 heterocycles. The molecule has 1 aliphatic carbocycles. The molecule has 0 bridgehead atoms. The Morgan fingerprint density at radius 3 is 1.20 bits per heavy atom. The lowest BCUT2D eigenvalue weighted by atomic mass is 9.72. The standard InChI is InChI=1S/C61H36F18N4/c1-30-20-45(58(68,69)70)53(46(21-30)59(71,72)73)32-4-8-35(9-5-32)82-49-10-6-33(24-39(49)41-28-80-18-14-51(41)82)37-26-44(57(65,66)67)38(27-43(37)56(62,63)64)34-7-11-50-40(25-34)42-29-81-19-15-52(42)83(50)36-12-16-55(3,17-13-36)54-47(60(74,75)76)22-31(2)23-48(54)61(77,78)79/h4-16,18-29H,17H2,1-3H3. The van der Waals surface area contributed by atoms with Gasteiger partial charge in [0.2, 0.25) is 0 Å². The average molecular weight is 1170 g/mol. The van der Waals surface area contributed by atoms with E-state index in [0.29, 0.717) is 47.4 Å². The Balaban J connectivity index is 1.01. The minimum atomic E-state index is -5.30. The van der Waals surface area contributed by atoms with E-state index in [-0.39, 0.29) is 72.6 Å². The van der Waals surface area contributed by atoms with Gasteiger partial charge in [0.1, 0.15) is 0 Å². The molecule has 0 amide bonds. The molecule has 83 heavy (non-hydrogen) atoms. The van der Waals surface area contributed by atoms with Crippen LogP contribution in [0.3, 0.4) is 0 Å². The molecule has 0 spiro atoms. The summed E-state index contributed by atoms with van der Waals surface area (Å²) in [5.41, 5.74) is -14.8. The molecule has 11 rings (SSSR count). The molecular formula is C61H36F18N4. The van der Waals surface area contributed by atoms with E-state index in [4.69, 9.17) is 0 Å². The second kappa shape index (κ2) is 19.0. The predicted octanol–water partition coefficient (Wildman–Crippen LogP) is 20.2. The summed E-state index contributed by atoms with van der Waals surface area (Å²) in [6, 6.07) is 18.1. The summed E-state index contributed by atoms with van der Waals surface area (Å²) in [4.78, 5) is 8.26. The second-order valence-corrected chi connectivity index (χ2v) is 20.5. The minimum absolute atomic E-state index is 0.160. The van der Waals surface area contributed by atoms with Crippen molar-refractivity contribution in [3.8, 4) is 39.1 Å². The van der Waals surface area contributed by atoms with Crippen LogP contribution in [0.15, 0.2) is 152 Å². The van der Waals surface area contributed by atoms with Crippen LogP contribution in [0.4, 0.5) is 79.0 Å². The first kappa shape index (κ1) is 56.3. The minimum Gasteiger partial charge on any atom is -0.309 e. The molecular weight excluding hydrogens is 1130 g/mol. The molecule has 10 aromatic rings. The van der Waals surface area contributed by atoms with Crippen LogP contribution in [0.1, 0.15) is 63.4 Å². The van der Waals surface area contributed by atoms with Crippen molar-refractivity contribution in [3.05, 3.63) is 202 Å². The smallest absolute Gasteiger partial charge is 0.309 e. The number of benzene rings is 6. The Bertz CT molecular complexity index is 4280. The van der Waals surface area contributed by atoms with E-state index in [1.54, 1.807) is 4.57 Å². The monoisotopic (exact) mass is 1170 g/mol. The predicted molar refractivity (Wildman–Crippen MR) is 277 cm³/mol. The van der Waals surface area contributed by atoms with Crippen LogP contribution in [0.5, 0.6) is 0 Å². The molecule has 4 nitrogen and oxygen atoms in total. The summed E-state index contributed by atoms with van der Waals surface area (Å²) in [5, 5.41) is 0.877. The van der Waals surface area contributed by atoms with E-state index < -0.39 is 104 Å². The molecule has 6 aromatic carbocycles. The molecule has 0 fully saturated rings. The summed E-state index contributed by atoms with van der Waals surface area (Å²) in [6.07, 6.45) is -22.4. The van der Waals surface area contributed by atoms with Gasteiger partial charge in [0.25, 0.3) is 0 Å². The first-order valence-corrected chi connectivity index (χ1v) is 24.8. The summed E-state index contributed by atoms with van der Waals surface area (Å²) >= 11 is 0. The molecule has 0 saturated heterocycles. The molecule has 0 N–H and O–H groups in total. The van der Waals surface area contributed by atoms with Crippen molar-refractivity contribution in [2.75, 3.05) is 0 Å². The second-order valence-electron chi connectivity index (χ2n) is 20.5. The van der Waals surface area contributed by atoms with Crippen molar-refractivity contribution in [1.29, 1.82) is 0 Å². The van der Waals surface area contributed by atoms with E-state index in [0.717, 1.165) is 38.1 Å². The molecule has 22 heteroatoms. The van der Waals surface area contributed by atoms with Gasteiger partial charge in [-0.25, -0.2) is 0 Å². The molecule has 1 atom stereocenters. The fourth-order valence-corrected chi connectivity index (χ4v) is 11.4. The number of alkyl halides is 18. The summed E-state index contributed by atoms with van der Waals surface area (Å²) in [5.74, 6) is 0. The Hall–Kier alpha value is -8.56. The van der Waals surface area contributed by atoms with Gasteiger partial charge in [-0.2, -0.15) is 79.0 Å². The third-order valence-electron chi connectivity index (χ3n) is 14.9. The summed E-state index contributed by atoms with van der Waals surface area (Å²) in [7, 11) is 0. The van der Waals surface area contributed by atoms with Crippen LogP contribution in [0.2, 0.25) is 0 Å². The fourth-order valence-electron chi connectivity index (χ4n) is 11.4. The van der Waals surface area contributed by atoms with Crippen LogP contribution in [0, 0.1) is 13.8 Å². The topological polar surface area (TPSA) is 35.6 Å². The molecule has 0 aliphatic heterocycles. The highest BCUT2D eigenvalue weighted by molar-refractivity contribution is 6.12. The van der Waals surface area contributed by atoms with Crippen LogP contribution < -0.4 is 0 Å². The Kier molecular flexibility index (Phi) is 12.9. The maximum Gasteiger partial charge on any atom is 0.417 e. The lowest BCUT2D eigenvalue weighted by molar-refractivity contribution is -0.145. The van der Waals surface area contributed by atoms with Gasteiger partial charge in [0, 0.05) is 68.7 Å². The molecule has 1 aliphatic rings. The van der Waals surface area contributed by atoms with Gasteiger partial charge in [-0.05, 0) is 156 Å². The number of fused-ring (bicyclic) bond motifs is 6. The van der Waals surface area contributed by atoms with Crippen molar-refractivity contribution in [1.82, 2.24) is 19.1 Å². The molecule has 1 unspecified atom stereocenters. The fraction of sp³-hybridized carbons (Fsp3) is 0.180. The first-order valence-electron chi connectivity index (χ1n) is 24.8. The van der Waals surface area contributed by atoms with E-state index in [1.807, 2.05) is 0 Å². The van der Waals surface area contributed by atoms with Gasteiger partial charge < -0.3 is 9.13 Å². The maximum absolute atomic E-state index is 15.5. The summed E-state index contributed by atoms with van der Waals surface area (Å²) in [6.45, 7) is 3.43. The Morgan fingerprint density at radius 1 is 0.410 bits per heavy atom. The number of aromatic nitrogens is 4. The zero-order valence-corrected chi connectivity index (χ0v) is 42.7. The number of pyridine rings is 2. The molecule has 4 aromatic heterocycles. The zero-order chi connectivity index (χ0) is 59.9. The summed E-state index contributed by atoms with van der Waals surface area (Å²) < 4.78 is 268. The number of hydrogen-bond acceptors (Lipinski definition) is 2. The third-order valence-corrected chi connectivity index (χ3v) is 14.9. The number of hydrogen-bond donors (Lipinski definition) is 0. The van der Waals surface area contributed by atoms with Gasteiger partial charge in [0.15, 0.2) is 0 Å². The SMILES string of the molecule is Cc1cc(C(F)(F)F)c(-c2ccc(-n3c4ccncc4c4cc(-c5cc(C(F)(F)F)c(-c6ccc7c(c6)c6cnccc6n7C6=CCC(C)(c7c(C(F)(F)F)cc(C)cc7C(F)(F)F)C=C6)cc5C(F)(F)F)ccc43)cc2)c(C(F)(F)F)c1. The van der Waals surface area contributed by atoms with E-state index in [1.165, 1.54) is 103 Å². The van der Waals surface area contributed by atoms with Crippen molar-refractivity contribution in [3.63, 3.8) is 0 Å². The van der Waals surface area contributed by atoms with Crippen LogP contribution in [-0.4, -0.2) is 19.1 Å². The van der Waals surface area contributed by atoms with Gasteiger partial charge in [-0.1, -0.05) is 43.3 Å². The Labute approximate surface area is 457 Å². The maximum atomic E-state index is 15.5. The average Bonchev–Trinajstić information content (AvgIpc) is 2.36. The largest absolute Gasteiger partial charge is 0.417 e. The molecule has 0 radical (unpaired) electrons. The third kappa shape index (κ3) is 9.81. The molecule has 0 saturated carbocycles. The number of halogens is 18. The van der Waals surface area contributed by atoms with Gasteiger partial charge >= 0.3 is 37.1 Å². The number of nitrogens with zero attached hydrogens (tertiary/aromatic N) is 4. The van der Waals surface area contributed by atoms with E-state index in [9.17, 15) is 52.7 Å². The van der Waals surface area contributed by atoms with Crippen molar-refractivity contribution < 1.29 is 79.0 Å². The van der Waals surface area contributed by atoms with Crippen LogP contribution in [0.25, 0.3) is 88.4 Å². The normalized spacial score (nSPS) is 15.8. The highest BCUT2D eigenvalue weighted by atomic mass is 19.4. The number of aryl methyl sites for hydroxylation is 2. The lowest BCUT2D eigenvalue weighted by Crippen LogP contribution is -2.29. The zero-order valence-electron chi connectivity index (χ0n) is 42.7. The van der Waals surface area contributed by atoms with Gasteiger partial charge in [-0.3, -0.25) is 9.97 Å². The lowest BCUT2D eigenvalue weighted by Gasteiger charge is -2.34. The Morgan fingerprint density at radius 2 is 0.795 bits per heavy atom. The van der Waals surface area contributed by atoms with E-state index >= 15 is 26.3 Å². The van der Waals surface area contributed by atoms with Gasteiger partial charge in [-0.15, -0.1) is 0 Å². The van der Waals surface area contributed by atoms with Crippen molar-refractivity contribution in [2.24, 2.45) is 0 Å². The molecule has 426 valence electrons. The van der Waals surface area contributed by atoms with Crippen molar-refractivity contribution in [2.45, 2.75) is 69.7 Å². The van der Waals surface area contributed by atoms with Crippen LogP contribution in [-0.2, 0) is 42.5 Å². The first-order chi connectivity index (χ1) is 38.6. The highest BCUT2D eigenvalue weighted by Gasteiger charge is 2.47. The van der Waals surface area contributed by atoms with Crippen molar-refractivity contribution >= 4 is 49.3 Å². The number of allylic oxidation sites excluding steroid dienone is 4.